The zero-order valence-electron chi connectivity index (χ0n) is 16.4. The summed E-state index contributed by atoms with van der Waals surface area (Å²) in [6, 6.07) is 14.9. The van der Waals surface area contributed by atoms with E-state index in [0.717, 1.165) is 28.6 Å². The van der Waals surface area contributed by atoms with Crippen molar-refractivity contribution >= 4 is 33.8 Å². The van der Waals surface area contributed by atoms with Crippen molar-refractivity contribution in [1.29, 1.82) is 0 Å². The number of hydrogen-bond acceptors (Lipinski definition) is 3. The largest absolute Gasteiger partial charge is 0.497 e. The molecule has 0 spiro atoms. The van der Waals surface area contributed by atoms with Gasteiger partial charge in [0.25, 0.3) is 5.91 Å². The fraction of sp³-hybridized carbons (Fsp3) is 0.304. The first-order chi connectivity index (χ1) is 14.0. The molecule has 29 heavy (non-hydrogen) atoms. The smallest absolute Gasteiger partial charge is 0.251 e. The Morgan fingerprint density at radius 3 is 2.38 bits per heavy atom. The Labute approximate surface area is 179 Å². The van der Waals surface area contributed by atoms with Crippen LogP contribution in [0.25, 0.3) is 6.08 Å². The number of piperidine rings is 1. The van der Waals surface area contributed by atoms with Gasteiger partial charge in [-0.05, 0) is 66.8 Å². The van der Waals surface area contributed by atoms with Crippen molar-refractivity contribution in [3.05, 3.63) is 70.2 Å². The molecule has 0 atom stereocenters. The van der Waals surface area contributed by atoms with Gasteiger partial charge in [-0.2, -0.15) is 0 Å². The van der Waals surface area contributed by atoms with Gasteiger partial charge in [0.2, 0.25) is 5.91 Å². The summed E-state index contributed by atoms with van der Waals surface area (Å²) in [7, 11) is 1.60. The molecule has 2 aromatic rings. The molecule has 1 saturated heterocycles. The van der Waals surface area contributed by atoms with E-state index in [4.69, 9.17) is 4.74 Å². The second-order valence-electron chi connectivity index (χ2n) is 7.09. The number of hydrogen-bond donors (Lipinski definition) is 1. The number of nitrogens with one attached hydrogen (secondary N) is 1. The molecule has 1 heterocycles. The van der Waals surface area contributed by atoms with Crippen molar-refractivity contribution in [1.82, 2.24) is 10.2 Å². The molecule has 152 valence electrons. The Bertz CT molecular complexity index is 855. The lowest BCUT2D eigenvalue weighted by molar-refractivity contribution is -0.127. The zero-order chi connectivity index (χ0) is 20.6. The lowest BCUT2D eigenvalue weighted by atomic mass is 9.96. The Hall–Kier alpha value is -2.60. The quantitative estimate of drug-likeness (QED) is 0.664. The van der Waals surface area contributed by atoms with Crippen LogP contribution in [0.5, 0.6) is 5.75 Å². The molecular weight excluding hydrogens is 432 g/mol. The van der Waals surface area contributed by atoms with E-state index in [1.54, 1.807) is 37.5 Å². The van der Waals surface area contributed by atoms with Gasteiger partial charge in [0.1, 0.15) is 5.75 Å². The van der Waals surface area contributed by atoms with Crippen molar-refractivity contribution in [2.75, 3.05) is 26.7 Å². The Kier molecular flexibility index (Phi) is 7.47. The minimum Gasteiger partial charge on any atom is -0.497 e. The number of ether oxygens (including phenoxy) is 1. The molecule has 2 amide bonds. The lowest BCUT2D eigenvalue weighted by Gasteiger charge is -2.31. The summed E-state index contributed by atoms with van der Waals surface area (Å²) in [5.74, 6) is 1.07. The molecule has 5 nitrogen and oxygen atoms in total. The highest BCUT2D eigenvalue weighted by Gasteiger charge is 2.22. The molecule has 0 aliphatic carbocycles. The van der Waals surface area contributed by atoms with E-state index in [-0.39, 0.29) is 11.8 Å². The Morgan fingerprint density at radius 1 is 1.10 bits per heavy atom. The van der Waals surface area contributed by atoms with Crippen LogP contribution < -0.4 is 10.1 Å². The lowest BCUT2D eigenvalue weighted by Crippen LogP contribution is -2.40. The molecule has 1 aliphatic rings. The highest BCUT2D eigenvalue weighted by molar-refractivity contribution is 9.10. The minimum atomic E-state index is -0.0800. The summed E-state index contributed by atoms with van der Waals surface area (Å²) in [4.78, 5) is 26.5. The number of nitrogens with zero attached hydrogens (tertiary/aromatic N) is 1. The molecular formula is C23H25BrN2O3. The number of carbonyl (C=O) groups is 2. The monoisotopic (exact) mass is 456 g/mol. The van der Waals surface area contributed by atoms with Crippen molar-refractivity contribution in [2.24, 2.45) is 5.92 Å². The number of benzene rings is 2. The molecule has 1 fully saturated rings. The van der Waals surface area contributed by atoms with Crippen LogP contribution in [0.15, 0.2) is 59.1 Å². The van der Waals surface area contributed by atoms with Crippen LogP contribution in [0.1, 0.15) is 28.8 Å². The summed E-state index contributed by atoms with van der Waals surface area (Å²) in [6.07, 6.45) is 5.26. The standard InChI is InChI=1S/C23H25BrN2O3/c1-29-21-9-5-19(6-10-21)23(28)25-16-18-12-14-26(15-13-18)22(27)11-4-17-2-7-20(24)8-3-17/h2-11,18H,12-16H2,1H3,(H,25,28)/b11-4+. The maximum absolute atomic E-state index is 12.4. The first-order valence-electron chi connectivity index (χ1n) is 9.70. The van der Waals surface area contributed by atoms with Gasteiger partial charge in [0.15, 0.2) is 0 Å². The average Bonchev–Trinajstić information content (AvgIpc) is 2.77. The van der Waals surface area contributed by atoms with E-state index in [1.807, 2.05) is 35.2 Å². The number of methoxy groups -OCH3 is 1. The van der Waals surface area contributed by atoms with E-state index in [1.165, 1.54) is 0 Å². The molecule has 0 bridgehead atoms. The third-order valence-electron chi connectivity index (χ3n) is 5.12. The summed E-state index contributed by atoms with van der Waals surface area (Å²) < 4.78 is 6.13. The maximum atomic E-state index is 12.4. The fourth-order valence-corrected chi connectivity index (χ4v) is 3.55. The number of amides is 2. The maximum Gasteiger partial charge on any atom is 0.251 e. The normalized spacial score (nSPS) is 14.8. The molecule has 0 radical (unpaired) electrons. The summed E-state index contributed by atoms with van der Waals surface area (Å²) in [5, 5.41) is 3.00. The third-order valence-corrected chi connectivity index (χ3v) is 5.65. The number of likely N-dealkylation sites (tertiary alicyclic amines) is 1. The molecule has 0 unspecified atom stereocenters. The SMILES string of the molecule is COc1ccc(C(=O)NCC2CCN(C(=O)/C=C/c3ccc(Br)cc3)CC2)cc1. The van der Waals surface area contributed by atoms with E-state index in [2.05, 4.69) is 21.2 Å². The first-order valence-corrected chi connectivity index (χ1v) is 10.5. The fourth-order valence-electron chi connectivity index (χ4n) is 3.29. The van der Waals surface area contributed by atoms with Gasteiger partial charge in [-0.25, -0.2) is 0 Å². The predicted octanol–water partition coefficient (Wildman–Crippen LogP) is 4.14. The highest BCUT2D eigenvalue weighted by Crippen LogP contribution is 2.18. The van der Waals surface area contributed by atoms with Crippen LogP contribution in [-0.2, 0) is 4.79 Å². The number of halogens is 1. The van der Waals surface area contributed by atoms with E-state index < -0.39 is 0 Å². The van der Waals surface area contributed by atoms with Crippen LogP contribution >= 0.6 is 15.9 Å². The molecule has 3 rings (SSSR count). The second-order valence-corrected chi connectivity index (χ2v) is 8.01. The van der Waals surface area contributed by atoms with Gasteiger partial charge in [-0.15, -0.1) is 0 Å². The Morgan fingerprint density at radius 2 is 1.76 bits per heavy atom. The summed E-state index contributed by atoms with van der Waals surface area (Å²) in [6.45, 7) is 2.06. The second kappa shape index (κ2) is 10.3. The van der Waals surface area contributed by atoms with E-state index in [9.17, 15) is 9.59 Å². The molecule has 6 heteroatoms. The minimum absolute atomic E-state index is 0.0358. The van der Waals surface area contributed by atoms with Gasteiger partial charge >= 0.3 is 0 Å². The Balaban J connectivity index is 1.42. The van der Waals surface area contributed by atoms with Gasteiger partial charge in [-0.1, -0.05) is 28.1 Å². The molecule has 0 aromatic heterocycles. The van der Waals surface area contributed by atoms with Crippen molar-refractivity contribution < 1.29 is 14.3 Å². The van der Waals surface area contributed by atoms with Crippen LogP contribution in [-0.4, -0.2) is 43.5 Å². The van der Waals surface area contributed by atoms with Crippen LogP contribution in [0.3, 0.4) is 0 Å². The molecule has 1 aliphatic heterocycles. The first kappa shape index (κ1) is 21.1. The topological polar surface area (TPSA) is 58.6 Å². The van der Waals surface area contributed by atoms with E-state index in [0.29, 0.717) is 31.1 Å². The number of rotatable bonds is 6. The third kappa shape index (κ3) is 6.19. The number of carbonyl (C=O) groups excluding carboxylic acids is 2. The summed E-state index contributed by atoms with van der Waals surface area (Å²) >= 11 is 3.40. The van der Waals surface area contributed by atoms with Crippen molar-refractivity contribution in [3.63, 3.8) is 0 Å². The van der Waals surface area contributed by atoms with Crippen molar-refractivity contribution in [3.8, 4) is 5.75 Å². The van der Waals surface area contributed by atoms with Gasteiger partial charge in [0.05, 0.1) is 7.11 Å². The van der Waals surface area contributed by atoms with Crippen LogP contribution in [0, 0.1) is 5.92 Å². The van der Waals surface area contributed by atoms with Crippen LogP contribution in [0.4, 0.5) is 0 Å². The van der Waals surface area contributed by atoms with Gasteiger partial charge in [-0.3, -0.25) is 9.59 Å². The predicted molar refractivity (Wildman–Crippen MR) is 118 cm³/mol. The molecule has 2 aromatic carbocycles. The summed E-state index contributed by atoms with van der Waals surface area (Å²) in [5.41, 5.74) is 1.62. The van der Waals surface area contributed by atoms with Crippen LogP contribution in [0.2, 0.25) is 0 Å². The van der Waals surface area contributed by atoms with Crippen molar-refractivity contribution in [2.45, 2.75) is 12.8 Å². The molecule has 0 saturated carbocycles. The molecule has 1 N–H and O–H groups in total. The van der Waals surface area contributed by atoms with Gasteiger partial charge in [0, 0.05) is 35.7 Å². The van der Waals surface area contributed by atoms with E-state index >= 15 is 0 Å². The highest BCUT2D eigenvalue weighted by atomic mass is 79.9. The zero-order valence-corrected chi connectivity index (χ0v) is 18.0. The van der Waals surface area contributed by atoms with Gasteiger partial charge < -0.3 is 15.0 Å². The average molecular weight is 457 g/mol.